The van der Waals surface area contributed by atoms with Gasteiger partial charge in [0.1, 0.15) is 13.2 Å². The summed E-state index contributed by atoms with van der Waals surface area (Å²) in [6.07, 6.45) is 61.8. The highest BCUT2D eigenvalue weighted by Gasteiger charge is 2.23. The number of allylic oxidation sites excluding steroid dienone is 7. The molecular weight excluding hydrogens is 828 g/mol. The lowest BCUT2D eigenvalue weighted by Gasteiger charge is -2.29. The predicted molar refractivity (Wildman–Crippen MR) is 279 cm³/mol. The summed E-state index contributed by atoms with van der Waals surface area (Å²) in [5.74, 6) is -0.214. The molecule has 3 atom stereocenters. The van der Waals surface area contributed by atoms with Crippen LogP contribution in [0, 0.1) is 0 Å². The number of phosphoric ester groups is 1. The number of hydrogen-bond acceptors (Lipinski definition) is 6. The third-order valence-corrected chi connectivity index (χ3v) is 13.2. The second-order valence-electron chi connectivity index (χ2n) is 19.9. The molecule has 8 nitrogen and oxygen atoms in total. The van der Waals surface area contributed by atoms with Crippen LogP contribution in [0.4, 0.5) is 0 Å². The number of aliphatic hydroxyl groups is 1. The number of carbonyl (C=O) groups excluding carboxylic acids is 1. The number of amides is 1. The Labute approximate surface area is 403 Å². The lowest BCUT2D eigenvalue weighted by molar-refractivity contribution is -0.870. The lowest BCUT2D eigenvalue weighted by Crippen LogP contribution is -2.45. The highest BCUT2D eigenvalue weighted by atomic mass is 31.2. The zero-order valence-electron chi connectivity index (χ0n) is 43.4. The smallest absolute Gasteiger partial charge is 0.268 e. The van der Waals surface area contributed by atoms with E-state index in [1.807, 2.05) is 27.2 Å². The molecule has 0 aromatic heterocycles. The number of hydrogen-bond donors (Lipinski definition) is 2. The van der Waals surface area contributed by atoms with Gasteiger partial charge in [0.25, 0.3) is 7.82 Å². The summed E-state index contributed by atoms with van der Waals surface area (Å²) in [5.41, 5.74) is 0. The molecule has 0 rings (SSSR count). The van der Waals surface area contributed by atoms with Gasteiger partial charge < -0.3 is 28.8 Å². The minimum atomic E-state index is -4.61. The number of aliphatic hydroxyl groups excluding tert-OH is 1. The highest BCUT2D eigenvalue weighted by Crippen LogP contribution is 2.38. The molecule has 0 spiro atoms. The number of quaternary nitrogens is 1. The zero-order valence-corrected chi connectivity index (χ0v) is 44.3. The fraction of sp³-hybridized carbons (Fsp3) is 0.839. The fourth-order valence-electron chi connectivity index (χ4n) is 7.89. The molecular formula is C56H107N2O6P. The van der Waals surface area contributed by atoms with E-state index in [1.165, 1.54) is 186 Å². The second kappa shape index (κ2) is 47.5. The molecule has 0 heterocycles. The summed E-state index contributed by atoms with van der Waals surface area (Å²) in [4.78, 5) is 25.4. The average Bonchev–Trinajstić information content (AvgIpc) is 3.26. The number of rotatable bonds is 50. The molecule has 0 aliphatic rings. The Balaban J connectivity index is 4.33. The standard InChI is InChI=1S/C56H107N2O6P/c1-6-8-10-12-14-16-18-20-22-24-26-28-29-30-32-34-36-38-40-42-44-46-48-50-56(60)57-54(53-64-65(61,62)63-52-51-58(3,4)5)55(59)49-47-45-43-41-39-37-35-33-31-27-25-23-21-19-17-15-13-11-9-7-2/h30-33,39,41,47,49,54-55,59H,6-29,34-38,40,42-46,48,50-53H2,1-5H3,(H-,57,60,61,62)/b32-30-,33-31+,41-39+,49-47+. The quantitative estimate of drug-likeness (QED) is 0.0272. The SMILES string of the molecule is CCCCCCCCCCCC/C=C/CC/C=C/CC/C=C/C(O)C(COP(=O)([O-])OCC[N+](C)(C)C)NC(=O)CCCCCCCCC/C=C\CCCCCCCCCCCCCC. The molecule has 0 saturated carbocycles. The van der Waals surface area contributed by atoms with E-state index in [0.29, 0.717) is 17.4 Å². The van der Waals surface area contributed by atoms with E-state index >= 15 is 0 Å². The Hall–Kier alpha value is -1.54. The summed E-state index contributed by atoms with van der Waals surface area (Å²) in [6.45, 7) is 4.64. The molecule has 0 aliphatic carbocycles. The van der Waals surface area contributed by atoms with Crippen LogP contribution in [0.25, 0.3) is 0 Å². The van der Waals surface area contributed by atoms with E-state index in [1.54, 1.807) is 6.08 Å². The van der Waals surface area contributed by atoms with Crippen molar-refractivity contribution in [2.75, 3.05) is 40.9 Å². The first kappa shape index (κ1) is 63.5. The van der Waals surface area contributed by atoms with E-state index in [2.05, 4.69) is 55.6 Å². The molecule has 1 amide bonds. The van der Waals surface area contributed by atoms with Crippen molar-refractivity contribution in [1.29, 1.82) is 0 Å². The van der Waals surface area contributed by atoms with Gasteiger partial charge in [0, 0.05) is 6.42 Å². The van der Waals surface area contributed by atoms with Crippen LogP contribution in [0.5, 0.6) is 0 Å². The molecule has 0 aliphatic heterocycles. The number of nitrogens with zero attached hydrogens (tertiary/aromatic N) is 1. The van der Waals surface area contributed by atoms with E-state index in [-0.39, 0.29) is 12.5 Å². The van der Waals surface area contributed by atoms with Crippen LogP contribution < -0.4 is 10.2 Å². The van der Waals surface area contributed by atoms with Crippen LogP contribution in [-0.4, -0.2) is 68.5 Å². The molecule has 382 valence electrons. The van der Waals surface area contributed by atoms with Crippen LogP contribution >= 0.6 is 7.82 Å². The van der Waals surface area contributed by atoms with Crippen LogP contribution in [0.2, 0.25) is 0 Å². The van der Waals surface area contributed by atoms with Gasteiger partial charge in [-0.25, -0.2) is 0 Å². The first-order valence-corrected chi connectivity index (χ1v) is 29.0. The van der Waals surface area contributed by atoms with Crippen molar-refractivity contribution >= 4 is 13.7 Å². The van der Waals surface area contributed by atoms with E-state index in [9.17, 15) is 19.4 Å². The topological polar surface area (TPSA) is 108 Å². The van der Waals surface area contributed by atoms with Gasteiger partial charge in [-0.2, -0.15) is 0 Å². The Bertz CT molecular complexity index is 1200. The molecule has 0 bridgehead atoms. The van der Waals surface area contributed by atoms with Crippen molar-refractivity contribution < 1.29 is 32.9 Å². The predicted octanol–water partition coefficient (Wildman–Crippen LogP) is 15.7. The van der Waals surface area contributed by atoms with Gasteiger partial charge >= 0.3 is 0 Å². The summed E-state index contributed by atoms with van der Waals surface area (Å²) in [7, 11) is 1.23. The molecule has 2 N–H and O–H groups in total. The normalized spacial score (nSPS) is 14.4. The van der Waals surface area contributed by atoms with Gasteiger partial charge in [0.05, 0.1) is 39.9 Å². The Morgan fingerprint density at radius 1 is 0.523 bits per heavy atom. The molecule has 0 fully saturated rings. The van der Waals surface area contributed by atoms with Gasteiger partial charge in [-0.3, -0.25) is 9.36 Å². The van der Waals surface area contributed by atoms with Gasteiger partial charge in [-0.15, -0.1) is 0 Å². The summed E-state index contributed by atoms with van der Waals surface area (Å²) in [6, 6.07) is -0.913. The van der Waals surface area contributed by atoms with Gasteiger partial charge in [-0.1, -0.05) is 223 Å². The molecule has 65 heavy (non-hydrogen) atoms. The van der Waals surface area contributed by atoms with E-state index in [4.69, 9.17) is 9.05 Å². The monoisotopic (exact) mass is 935 g/mol. The van der Waals surface area contributed by atoms with Gasteiger partial charge in [0.2, 0.25) is 5.91 Å². The van der Waals surface area contributed by atoms with Crippen molar-refractivity contribution in [3.05, 3.63) is 48.6 Å². The van der Waals surface area contributed by atoms with Gasteiger partial charge in [0.15, 0.2) is 0 Å². The van der Waals surface area contributed by atoms with Crippen molar-refractivity contribution in [2.45, 2.75) is 264 Å². The van der Waals surface area contributed by atoms with Crippen molar-refractivity contribution in [1.82, 2.24) is 5.32 Å². The highest BCUT2D eigenvalue weighted by molar-refractivity contribution is 7.45. The number of phosphoric acid groups is 1. The zero-order chi connectivity index (χ0) is 47.8. The number of nitrogens with one attached hydrogen (secondary N) is 1. The Morgan fingerprint density at radius 3 is 1.25 bits per heavy atom. The average molecular weight is 935 g/mol. The first-order valence-electron chi connectivity index (χ1n) is 27.5. The maximum atomic E-state index is 12.9. The lowest BCUT2D eigenvalue weighted by atomic mass is 10.0. The van der Waals surface area contributed by atoms with Crippen LogP contribution in [0.3, 0.4) is 0 Å². The van der Waals surface area contributed by atoms with Gasteiger partial charge in [-0.05, 0) is 70.6 Å². The molecule has 0 aromatic rings. The Morgan fingerprint density at radius 2 is 0.862 bits per heavy atom. The third-order valence-electron chi connectivity index (χ3n) is 12.2. The van der Waals surface area contributed by atoms with Crippen LogP contribution in [-0.2, 0) is 18.4 Å². The minimum absolute atomic E-state index is 0.0104. The molecule has 0 saturated heterocycles. The third kappa shape index (κ3) is 50.2. The number of carbonyl (C=O) groups is 1. The molecule has 0 radical (unpaired) electrons. The van der Waals surface area contributed by atoms with Crippen molar-refractivity contribution in [3.8, 4) is 0 Å². The van der Waals surface area contributed by atoms with Crippen LogP contribution in [0.15, 0.2) is 48.6 Å². The maximum Gasteiger partial charge on any atom is 0.268 e. The van der Waals surface area contributed by atoms with E-state index in [0.717, 1.165) is 44.9 Å². The summed E-state index contributed by atoms with van der Waals surface area (Å²) >= 11 is 0. The second-order valence-corrected chi connectivity index (χ2v) is 21.3. The Kier molecular flexibility index (Phi) is 46.4. The van der Waals surface area contributed by atoms with Crippen LogP contribution in [0.1, 0.15) is 251 Å². The first-order chi connectivity index (χ1) is 31.5. The molecule has 3 unspecified atom stereocenters. The summed E-state index contributed by atoms with van der Waals surface area (Å²) in [5, 5.41) is 13.8. The molecule has 9 heteroatoms. The maximum absolute atomic E-state index is 12.9. The summed E-state index contributed by atoms with van der Waals surface area (Å²) < 4.78 is 23.3. The van der Waals surface area contributed by atoms with E-state index < -0.39 is 26.6 Å². The number of likely N-dealkylation sites (N-methyl/N-ethyl adjacent to an activating group) is 1. The van der Waals surface area contributed by atoms with Crippen molar-refractivity contribution in [2.24, 2.45) is 0 Å². The molecule has 0 aromatic carbocycles. The largest absolute Gasteiger partial charge is 0.756 e. The fourth-order valence-corrected chi connectivity index (χ4v) is 8.61. The minimum Gasteiger partial charge on any atom is -0.756 e. The number of unbranched alkanes of at least 4 members (excludes halogenated alkanes) is 31. The van der Waals surface area contributed by atoms with Crippen molar-refractivity contribution in [3.63, 3.8) is 0 Å².